The highest BCUT2D eigenvalue weighted by Crippen LogP contribution is 2.14. The maximum Gasteiger partial charge on any atom is 0.0721 e. The van der Waals surface area contributed by atoms with Crippen LogP contribution in [0.2, 0.25) is 0 Å². The van der Waals surface area contributed by atoms with Crippen LogP contribution in [0.1, 0.15) is 23.4 Å². The Morgan fingerprint density at radius 1 is 1.57 bits per heavy atom. The van der Waals surface area contributed by atoms with Gasteiger partial charge in [0.25, 0.3) is 0 Å². The number of nitrogens with zero attached hydrogens (tertiary/aromatic N) is 2. The van der Waals surface area contributed by atoms with Crippen molar-refractivity contribution in [1.82, 2.24) is 9.78 Å². The van der Waals surface area contributed by atoms with Crippen LogP contribution in [-0.4, -0.2) is 21.0 Å². The second kappa shape index (κ2) is 4.42. The fourth-order valence-corrected chi connectivity index (χ4v) is 1.59. The smallest absolute Gasteiger partial charge is 0.0721 e. The monoisotopic (exact) mass is 194 g/mol. The van der Waals surface area contributed by atoms with Crippen LogP contribution < -0.4 is 0 Å². The van der Waals surface area contributed by atoms with Crippen molar-refractivity contribution in [3.63, 3.8) is 0 Å². The van der Waals surface area contributed by atoms with Gasteiger partial charge < -0.3 is 5.11 Å². The van der Waals surface area contributed by atoms with E-state index in [1.54, 1.807) is 6.08 Å². The molecule has 0 aliphatic rings. The molecule has 0 bridgehead atoms. The topological polar surface area (TPSA) is 38.1 Å². The molecule has 14 heavy (non-hydrogen) atoms. The van der Waals surface area contributed by atoms with Gasteiger partial charge in [0.2, 0.25) is 0 Å². The Hall–Kier alpha value is -1.09. The molecule has 0 aromatic carbocycles. The molecule has 0 aliphatic carbocycles. The summed E-state index contributed by atoms with van der Waals surface area (Å²) < 4.78 is 1.88. The van der Waals surface area contributed by atoms with Crippen LogP contribution in [0.25, 0.3) is 0 Å². The van der Waals surface area contributed by atoms with Crippen molar-refractivity contribution in [2.24, 2.45) is 7.05 Å². The van der Waals surface area contributed by atoms with Crippen LogP contribution in [0.5, 0.6) is 0 Å². The highest BCUT2D eigenvalue weighted by atomic mass is 16.3. The average Bonchev–Trinajstić information content (AvgIpc) is 2.39. The van der Waals surface area contributed by atoms with Gasteiger partial charge in [0.05, 0.1) is 11.8 Å². The molecule has 1 aromatic rings. The van der Waals surface area contributed by atoms with E-state index in [0.29, 0.717) is 0 Å². The molecule has 0 aliphatic heterocycles. The highest BCUT2D eigenvalue weighted by Gasteiger charge is 2.10. The molecule has 3 nitrogen and oxygen atoms in total. The highest BCUT2D eigenvalue weighted by molar-refractivity contribution is 5.24. The van der Waals surface area contributed by atoms with Gasteiger partial charge in [-0.15, -0.1) is 6.58 Å². The summed E-state index contributed by atoms with van der Waals surface area (Å²) in [6.45, 7) is 7.61. The Labute approximate surface area is 85.1 Å². The fourth-order valence-electron chi connectivity index (χ4n) is 1.59. The van der Waals surface area contributed by atoms with Crippen molar-refractivity contribution in [2.45, 2.75) is 32.8 Å². The van der Waals surface area contributed by atoms with Crippen LogP contribution in [0.15, 0.2) is 12.7 Å². The molecule has 0 fully saturated rings. The van der Waals surface area contributed by atoms with E-state index in [1.807, 2.05) is 18.7 Å². The van der Waals surface area contributed by atoms with Gasteiger partial charge in [-0.05, 0) is 32.3 Å². The molecule has 0 saturated carbocycles. The van der Waals surface area contributed by atoms with Gasteiger partial charge in [-0.3, -0.25) is 4.68 Å². The molecule has 1 unspecified atom stereocenters. The average molecular weight is 194 g/mol. The Kier molecular flexibility index (Phi) is 3.47. The normalized spacial score (nSPS) is 12.9. The van der Waals surface area contributed by atoms with Crippen LogP contribution >= 0.6 is 0 Å². The standard InChI is InChI=1S/C11H18N2O/c1-5-10(14)6-7-11-8(2)12-13(4)9(11)3/h5,10,14H,1,6-7H2,2-4H3. The molecule has 0 radical (unpaired) electrons. The van der Waals surface area contributed by atoms with E-state index in [1.165, 1.54) is 11.3 Å². The first kappa shape index (κ1) is 11.0. The summed E-state index contributed by atoms with van der Waals surface area (Å²) in [7, 11) is 1.94. The van der Waals surface area contributed by atoms with Gasteiger partial charge in [-0.25, -0.2) is 0 Å². The molecule has 78 valence electrons. The van der Waals surface area contributed by atoms with Gasteiger partial charge in [-0.2, -0.15) is 5.10 Å². The third-order valence-corrected chi connectivity index (χ3v) is 2.62. The van der Waals surface area contributed by atoms with Gasteiger partial charge in [0, 0.05) is 12.7 Å². The molecule has 3 heteroatoms. The molecular formula is C11H18N2O. The van der Waals surface area contributed by atoms with E-state index < -0.39 is 6.10 Å². The maximum atomic E-state index is 9.36. The number of rotatable bonds is 4. The summed E-state index contributed by atoms with van der Waals surface area (Å²) in [6.07, 6.45) is 2.74. The fraction of sp³-hybridized carbons (Fsp3) is 0.545. The van der Waals surface area contributed by atoms with Crippen LogP contribution in [0.3, 0.4) is 0 Å². The molecule has 1 atom stereocenters. The van der Waals surface area contributed by atoms with Crippen LogP contribution in [-0.2, 0) is 13.5 Å². The zero-order valence-corrected chi connectivity index (χ0v) is 9.12. The van der Waals surface area contributed by atoms with Gasteiger partial charge in [-0.1, -0.05) is 6.08 Å². The Morgan fingerprint density at radius 3 is 2.64 bits per heavy atom. The molecule has 1 N–H and O–H groups in total. The zero-order chi connectivity index (χ0) is 10.7. The Balaban J connectivity index is 2.71. The SMILES string of the molecule is C=CC(O)CCc1c(C)nn(C)c1C. The summed E-state index contributed by atoms with van der Waals surface area (Å²) in [5.74, 6) is 0. The third kappa shape index (κ3) is 2.23. The van der Waals surface area contributed by atoms with Gasteiger partial charge in [0.15, 0.2) is 0 Å². The molecule has 0 spiro atoms. The first-order valence-electron chi connectivity index (χ1n) is 4.86. The van der Waals surface area contributed by atoms with Crippen molar-refractivity contribution in [3.8, 4) is 0 Å². The molecule has 1 rings (SSSR count). The van der Waals surface area contributed by atoms with Gasteiger partial charge >= 0.3 is 0 Å². The molecular weight excluding hydrogens is 176 g/mol. The largest absolute Gasteiger partial charge is 0.389 e. The van der Waals surface area contributed by atoms with Crippen molar-refractivity contribution < 1.29 is 5.11 Å². The van der Waals surface area contributed by atoms with E-state index >= 15 is 0 Å². The number of aliphatic hydroxyl groups is 1. The van der Waals surface area contributed by atoms with Crippen molar-refractivity contribution >= 4 is 0 Å². The lowest BCUT2D eigenvalue weighted by Gasteiger charge is -2.05. The number of aromatic nitrogens is 2. The molecule has 1 heterocycles. The minimum atomic E-state index is -0.408. The second-order valence-electron chi connectivity index (χ2n) is 3.61. The Morgan fingerprint density at radius 2 is 2.21 bits per heavy atom. The van der Waals surface area contributed by atoms with Crippen molar-refractivity contribution in [1.29, 1.82) is 0 Å². The summed E-state index contributed by atoms with van der Waals surface area (Å²) in [6, 6.07) is 0. The first-order valence-corrected chi connectivity index (χ1v) is 4.86. The number of hydrogen-bond donors (Lipinski definition) is 1. The van der Waals surface area contributed by atoms with E-state index in [-0.39, 0.29) is 0 Å². The lowest BCUT2D eigenvalue weighted by atomic mass is 10.1. The van der Waals surface area contributed by atoms with E-state index in [9.17, 15) is 5.11 Å². The van der Waals surface area contributed by atoms with Crippen LogP contribution in [0, 0.1) is 13.8 Å². The minimum absolute atomic E-state index is 0.408. The summed E-state index contributed by atoms with van der Waals surface area (Å²) >= 11 is 0. The molecule has 0 saturated heterocycles. The quantitative estimate of drug-likeness (QED) is 0.738. The van der Waals surface area contributed by atoms with Crippen molar-refractivity contribution in [2.75, 3.05) is 0 Å². The predicted molar refractivity (Wildman–Crippen MR) is 57.2 cm³/mol. The van der Waals surface area contributed by atoms with E-state index in [2.05, 4.69) is 18.6 Å². The minimum Gasteiger partial charge on any atom is -0.389 e. The lowest BCUT2D eigenvalue weighted by molar-refractivity contribution is 0.213. The third-order valence-electron chi connectivity index (χ3n) is 2.62. The van der Waals surface area contributed by atoms with Crippen LogP contribution in [0.4, 0.5) is 0 Å². The number of aryl methyl sites for hydroxylation is 2. The summed E-state index contributed by atoms with van der Waals surface area (Å²) in [5, 5.41) is 13.7. The maximum absolute atomic E-state index is 9.36. The second-order valence-corrected chi connectivity index (χ2v) is 3.61. The van der Waals surface area contributed by atoms with Gasteiger partial charge in [0.1, 0.15) is 0 Å². The number of hydrogen-bond acceptors (Lipinski definition) is 2. The van der Waals surface area contributed by atoms with E-state index in [0.717, 1.165) is 18.5 Å². The zero-order valence-electron chi connectivity index (χ0n) is 9.12. The predicted octanol–water partition coefficient (Wildman–Crippen LogP) is 1.52. The molecule has 1 aromatic heterocycles. The summed E-state index contributed by atoms with van der Waals surface area (Å²) in [4.78, 5) is 0. The van der Waals surface area contributed by atoms with E-state index in [4.69, 9.17) is 0 Å². The Bertz CT molecular complexity index is 328. The van der Waals surface area contributed by atoms with Crippen molar-refractivity contribution in [3.05, 3.63) is 29.6 Å². The molecule has 0 amide bonds. The summed E-state index contributed by atoms with van der Waals surface area (Å²) in [5.41, 5.74) is 3.48. The lowest BCUT2D eigenvalue weighted by Crippen LogP contribution is -2.04. The first-order chi connectivity index (χ1) is 6.56. The number of aliphatic hydroxyl groups excluding tert-OH is 1.